The van der Waals surface area contributed by atoms with Crippen LogP contribution in [0.25, 0.3) is 0 Å². The van der Waals surface area contributed by atoms with Crippen LogP contribution in [0.3, 0.4) is 0 Å². The van der Waals surface area contributed by atoms with Crippen LogP contribution in [-0.4, -0.2) is 54.1 Å². The lowest BCUT2D eigenvalue weighted by Gasteiger charge is -2.21. The lowest BCUT2D eigenvalue weighted by Crippen LogP contribution is -2.38. The van der Waals surface area contributed by atoms with E-state index in [9.17, 15) is 14.0 Å². The molecule has 18 heavy (non-hydrogen) atoms. The van der Waals surface area contributed by atoms with Gasteiger partial charge in [-0.3, -0.25) is 0 Å². The summed E-state index contributed by atoms with van der Waals surface area (Å²) in [5, 5.41) is 0.901. The molecule has 6 nitrogen and oxygen atoms in total. The van der Waals surface area contributed by atoms with Crippen molar-refractivity contribution in [3.63, 3.8) is 0 Å². The number of amides is 2. The summed E-state index contributed by atoms with van der Waals surface area (Å²) in [5.41, 5.74) is 1.01. The van der Waals surface area contributed by atoms with Crippen molar-refractivity contribution in [2.24, 2.45) is 0 Å². The third kappa shape index (κ3) is 2.31. The lowest BCUT2D eigenvalue weighted by atomic mass is 10.1. The normalized spacial score (nSPS) is 24.1. The maximum Gasteiger partial charge on any atom is 0.370 e. The number of urea groups is 1. The quantitative estimate of drug-likeness (QED) is 0.554. The average molecular weight is 258 g/mol. The Hall–Kier alpha value is -1.63. The van der Waals surface area contributed by atoms with E-state index in [-0.39, 0.29) is 12.6 Å². The highest BCUT2D eigenvalue weighted by Crippen LogP contribution is 2.25. The zero-order valence-electron chi connectivity index (χ0n) is 10.3. The molecule has 1 fully saturated rings. The van der Waals surface area contributed by atoms with Crippen molar-refractivity contribution in [2.45, 2.75) is 26.2 Å². The molecule has 2 aliphatic rings. The topological polar surface area (TPSA) is 59.1 Å². The zero-order chi connectivity index (χ0) is 13.3. The molecular weight excluding hydrogens is 243 g/mol. The average Bonchev–Trinajstić information content (AvgIpc) is 2.53. The van der Waals surface area contributed by atoms with Gasteiger partial charge in [-0.25, -0.2) is 18.8 Å². The summed E-state index contributed by atoms with van der Waals surface area (Å²) in [6.45, 7) is 4.47. The summed E-state index contributed by atoms with van der Waals surface area (Å²) in [4.78, 5) is 29.2. The molecule has 0 aromatic rings. The molecule has 2 heterocycles. The summed E-state index contributed by atoms with van der Waals surface area (Å²) in [6.07, 6.45) is -0.442. The third-order valence-electron chi connectivity index (χ3n) is 2.76. The predicted molar refractivity (Wildman–Crippen MR) is 59.0 cm³/mol. The van der Waals surface area contributed by atoms with Gasteiger partial charge in [0.25, 0.3) is 0 Å². The van der Waals surface area contributed by atoms with Crippen molar-refractivity contribution in [2.75, 3.05) is 19.7 Å². The first-order valence-electron chi connectivity index (χ1n) is 5.76. The summed E-state index contributed by atoms with van der Waals surface area (Å²) in [7, 11) is 0. The second kappa shape index (κ2) is 4.93. The molecule has 0 N–H and O–H groups in total. The van der Waals surface area contributed by atoms with Gasteiger partial charge in [0.15, 0.2) is 0 Å². The van der Waals surface area contributed by atoms with Gasteiger partial charge in [-0.1, -0.05) is 11.6 Å². The van der Waals surface area contributed by atoms with Gasteiger partial charge in [-0.2, -0.15) is 5.06 Å². The third-order valence-corrected chi connectivity index (χ3v) is 2.76. The fourth-order valence-corrected chi connectivity index (χ4v) is 2.07. The van der Waals surface area contributed by atoms with E-state index in [0.29, 0.717) is 13.1 Å². The number of nitrogens with zero attached hydrogens (tertiary/aromatic N) is 2. The fourth-order valence-electron chi connectivity index (χ4n) is 2.07. The van der Waals surface area contributed by atoms with Crippen LogP contribution < -0.4 is 0 Å². The first-order chi connectivity index (χ1) is 8.52. The van der Waals surface area contributed by atoms with Crippen molar-refractivity contribution in [1.29, 1.82) is 0 Å². The first kappa shape index (κ1) is 12.8. The van der Waals surface area contributed by atoms with Crippen molar-refractivity contribution in [3.8, 4) is 0 Å². The van der Waals surface area contributed by atoms with E-state index in [1.807, 2.05) is 13.0 Å². The minimum Gasteiger partial charge on any atom is -0.462 e. The maximum absolute atomic E-state index is 13.4. The van der Waals surface area contributed by atoms with E-state index in [4.69, 9.17) is 4.84 Å². The van der Waals surface area contributed by atoms with E-state index in [2.05, 4.69) is 4.74 Å². The van der Waals surface area contributed by atoms with Crippen LogP contribution in [0.2, 0.25) is 0 Å². The largest absolute Gasteiger partial charge is 0.462 e. The Morgan fingerprint density at radius 3 is 3.06 bits per heavy atom. The van der Waals surface area contributed by atoms with Gasteiger partial charge >= 0.3 is 18.4 Å². The molecule has 0 unspecified atom stereocenters. The van der Waals surface area contributed by atoms with E-state index in [1.54, 1.807) is 6.92 Å². The number of ether oxygens (including phenoxy) is 1. The Morgan fingerprint density at radius 1 is 1.67 bits per heavy atom. The molecule has 2 aliphatic heterocycles. The second-order valence-electron chi connectivity index (χ2n) is 4.24. The molecular formula is C11H15FN2O4. The number of esters is 1. The van der Waals surface area contributed by atoms with E-state index in [0.717, 1.165) is 10.6 Å². The molecule has 0 saturated carbocycles. The highest BCUT2D eigenvalue weighted by Gasteiger charge is 2.42. The van der Waals surface area contributed by atoms with Crippen LogP contribution >= 0.6 is 0 Å². The molecule has 100 valence electrons. The molecule has 2 bridgehead atoms. The van der Waals surface area contributed by atoms with Crippen LogP contribution in [0.15, 0.2) is 11.6 Å². The molecule has 1 saturated heterocycles. The molecule has 0 aliphatic carbocycles. The van der Waals surface area contributed by atoms with E-state index >= 15 is 0 Å². The number of carbonyl (C=O) groups excluding carboxylic acids is 2. The minimum absolute atomic E-state index is 0.0606. The van der Waals surface area contributed by atoms with Crippen molar-refractivity contribution < 1.29 is 23.6 Å². The second-order valence-corrected chi connectivity index (χ2v) is 4.24. The number of carbonyl (C=O) groups is 2. The number of hydroxylamine groups is 2. The summed E-state index contributed by atoms with van der Waals surface area (Å²) in [6, 6.07) is -0.779. The van der Waals surface area contributed by atoms with Crippen molar-refractivity contribution >= 4 is 12.0 Å². The highest BCUT2D eigenvalue weighted by atomic mass is 19.1. The summed E-state index contributed by atoms with van der Waals surface area (Å²) in [5.74, 6) is -1.12. The first-order valence-corrected chi connectivity index (χ1v) is 5.76. The predicted octanol–water partition coefficient (Wildman–Crippen LogP) is 0.843. The van der Waals surface area contributed by atoms with Crippen LogP contribution in [0.1, 0.15) is 13.8 Å². The smallest absolute Gasteiger partial charge is 0.370 e. The van der Waals surface area contributed by atoms with Crippen LogP contribution in [-0.2, 0) is 14.4 Å². The molecule has 2 atom stereocenters. The molecule has 2 amide bonds. The Morgan fingerprint density at radius 2 is 2.39 bits per heavy atom. The van der Waals surface area contributed by atoms with E-state index < -0.39 is 18.4 Å². The molecule has 2 rings (SSSR count). The zero-order valence-corrected chi connectivity index (χ0v) is 10.3. The van der Waals surface area contributed by atoms with Gasteiger partial charge in [-0.05, 0) is 13.8 Å². The SMILES string of the molecule is CCOC(=O)[C@H](F)ON1C(=O)N2CC(C)=C[C@H]1C2. The van der Waals surface area contributed by atoms with Gasteiger partial charge in [-0.15, -0.1) is 0 Å². The Kier molecular flexibility index (Phi) is 3.51. The van der Waals surface area contributed by atoms with Gasteiger partial charge in [0.2, 0.25) is 0 Å². The molecule has 0 aromatic heterocycles. The standard InChI is InChI=1S/C11H15FN2O4/c1-3-17-10(15)9(12)18-14-8-4-7(2)5-13(6-8)11(14)16/h4,8-9H,3,5-6H2,1-2H3/t8-,9+/m0/s1. The minimum atomic E-state index is -2.27. The van der Waals surface area contributed by atoms with Gasteiger partial charge in [0.05, 0.1) is 12.6 Å². The van der Waals surface area contributed by atoms with Crippen molar-refractivity contribution in [3.05, 3.63) is 11.6 Å². The number of hydrogen-bond donors (Lipinski definition) is 0. The van der Waals surface area contributed by atoms with Crippen molar-refractivity contribution in [1.82, 2.24) is 9.96 Å². The number of rotatable bonds is 4. The van der Waals surface area contributed by atoms with E-state index in [1.165, 1.54) is 4.90 Å². The molecule has 7 heteroatoms. The Balaban J connectivity index is 2.01. The summed E-state index contributed by atoms with van der Waals surface area (Å²) < 4.78 is 17.9. The number of fused-ring (bicyclic) bond motifs is 2. The highest BCUT2D eigenvalue weighted by molar-refractivity contribution is 5.78. The van der Waals surface area contributed by atoms with Gasteiger partial charge in [0.1, 0.15) is 0 Å². The Labute approximate surface area is 104 Å². The van der Waals surface area contributed by atoms with Crippen LogP contribution in [0.4, 0.5) is 9.18 Å². The number of halogens is 1. The van der Waals surface area contributed by atoms with Gasteiger partial charge in [0, 0.05) is 13.1 Å². The molecule has 0 spiro atoms. The molecule has 0 radical (unpaired) electrons. The monoisotopic (exact) mass is 258 g/mol. The number of hydrogen-bond acceptors (Lipinski definition) is 4. The fraction of sp³-hybridized carbons (Fsp3) is 0.636. The Bertz CT molecular complexity index is 399. The van der Waals surface area contributed by atoms with Crippen LogP contribution in [0.5, 0.6) is 0 Å². The lowest BCUT2D eigenvalue weighted by molar-refractivity contribution is -0.223. The maximum atomic E-state index is 13.4. The van der Waals surface area contributed by atoms with Crippen LogP contribution in [0, 0.1) is 0 Å². The summed E-state index contributed by atoms with van der Waals surface area (Å²) >= 11 is 0. The molecule has 0 aromatic carbocycles. The van der Waals surface area contributed by atoms with Gasteiger partial charge < -0.3 is 9.64 Å². The number of alkyl halides is 1.